The maximum absolute atomic E-state index is 12.3. The lowest BCUT2D eigenvalue weighted by Gasteiger charge is -2.08. The smallest absolute Gasteiger partial charge is 0.273 e. The highest BCUT2D eigenvalue weighted by Gasteiger charge is 2.09. The summed E-state index contributed by atoms with van der Waals surface area (Å²) < 4.78 is 11.0. The lowest BCUT2D eigenvalue weighted by molar-refractivity contribution is -0.120. The first-order chi connectivity index (χ1) is 15.1. The second-order valence-electron chi connectivity index (χ2n) is 6.71. The van der Waals surface area contributed by atoms with Crippen molar-refractivity contribution in [1.29, 1.82) is 0 Å². The Morgan fingerprint density at radius 2 is 1.97 bits per heavy atom. The van der Waals surface area contributed by atoms with Gasteiger partial charge in [-0.1, -0.05) is 18.2 Å². The summed E-state index contributed by atoms with van der Waals surface area (Å²) in [6, 6.07) is 14.9. The highest BCUT2D eigenvalue weighted by atomic mass is 16.5. The van der Waals surface area contributed by atoms with E-state index in [0.29, 0.717) is 30.3 Å². The van der Waals surface area contributed by atoms with E-state index >= 15 is 0 Å². The van der Waals surface area contributed by atoms with Crippen LogP contribution in [0.4, 0.5) is 0 Å². The van der Waals surface area contributed by atoms with Gasteiger partial charge in [-0.15, -0.1) is 16.8 Å². The number of methoxy groups -OCH3 is 1. The van der Waals surface area contributed by atoms with Gasteiger partial charge in [0, 0.05) is 24.9 Å². The maximum Gasteiger partial charge on any atom is 0.273 e. The highest BCUT2D eigenvalue weighted by molar-refractivity contribution is 5.76. The van der Waals surface area contributed by atoms with Crippen molar-refractivity contribution in [2.45, 2.75) is 19.4 Å². The molecule has 0 saturated carbocycles. The number of carbonyl (C=O) groups excluding carboxylic acids is 1. The molecule has 31 heavy (non-hydrogen) atoms. The molecule has 2 N–H and O–H groups in total. The summed E-state index contributed by atoms with van der Waals surface area (Å²) >= 11 is 0. The molecule has 0 fully saturated rings. The Labute approximate surface area is 180 Å². The van der Waals surface area contributed by atoms with Crippen LogP contribution in [-0.2, 0) is 17.8 Å². The number of amides is 1. The van der Waals surface area contributed by atoms with Crippen molar-refractivity contribution < 1.29 is 14.3 Å². The van der Waals surface area contributed by atoms with Gasteiger partial charge >= 0.3 is 0 Å². The van der Waals surface area contributed by atoms with Crippen LogP contribution >= 0.6 is 0 Å². The molecule has 0 radical (unpaired) electrons. The summed E-state index contributed by atoms with van der Waals surface area (Å²) in [4.78, 5) is 26.6. The van der Waals surface area contributed by atoms with Crippen LogP contribution in [0.25, 0.3) is 11.4 Å². The minimum absolute atomic E-state index is 0.157. The summed E-state index contributed by atoms with van der Waals surface area (Å²) in [5.41, 5.74) is 1.55. The van der Waals surface area contributed by atoms with Crippen LogP contribution in [-0.4, -0.2) is 34.7 Å². The van der Waals surface area contributed by atoms with E-state index in [1.807, 2.05) is 24.3 Å². The number of hydrogen-bond acceptors (Lipinski definition) is 6. The number of aromatic amines is 1. The van der Waals surface area contributed by atoms with Gasteiger partial charge in [-0.3, -0.25) is 9.59 Å². The first-order valence-electron chi connectivity index (χ1n) is 9.78. The number of benzene rings is 2. The molecule has 2 aromatic carbocycles. The van der Waals surface area contributed by atoms with Crippen LogP contribution in [0.3, 0.4) is 0 Å². The monoisotopic (exact) mass is 420 g/mol. The van der Waals surface area contributed by atoms with E-state index in [4.69, 9.17) is 9.47 Å². The van der Waals surface area contributed by atoms with Crippen LogP contribution in [0.2, 0.25) is 0 Å². The third-order valence-corrected chi connectivity index (χ3v) is 4.46. The van der Waals surface area contributed by atoms with Crippen molar-refractivity contribution in [2.24, 2.45) is 0 Å². The van der Waals surface area contributed by atoms with Gasteiger partial charge in [0.25, 0.3) is 5.56 Å². The van der Waals surface area contributed by atoms with E-state index in [1.165, 1.54) is 0 Å². The second kappa shape index (κ2) is 10.7. The average Bonchev–Trinajstić information content (AvgIpc) is 2.81. The van der Waals surface area contributed by atoms with E-state index in [1.54, 1.807) is 37.5 Å². The van der Waals surface area contributed by atoms with E-state index in [2.05, 4.69) is 27.1 Å². The van der Waals surface area contributed by atoms with Crippen molar-refractivity contribution in [3.05, 3.63) is 82.8 Å². The predicted octanol–water partition coefficient (Wildman–Crippen LogP) is 2.65. The summed E-state index contributed by atoms with van der Waals surface area (Å²) in [5, 5.41) is 10.7. The van der Waals surface area contributed by atoms with E-state index in [0.717, 1.165) is 11.3 Å². The molecule has 1 amide bonds. The van der Waals surface area contributed by atoms with Crippen LogP contribution in [0.1, 0.15) is 17.7 Å². The molecule has 8 nitrogen and oxygen atoms in total. The Bertz CT molecular complexity index is 1090. The van der Waals surface area contributed by atoms with Crippen molar-refractivity contribution >= 4 is 5.91 Å². The summed E-state index contributed by atoms with van der Waals surface area (Å²) in [7, 11) is 1.62. The van der Waals surface area contributed by atoms with Crippen LogP contribution in [0.5, 0.6) is 11.5 Å². The number of H-pyrrole nitrogens is 1. The fraction of sp³-hybridized carbons (Fsp3) is 0.217. The Balaban J connectivity index is 1.60. The highest BCUT2D eigenvalue weighted by Crippen LogP contribution is 2.20. The molecule has 1 heterocycles. The van der Waals surface area contributed by atoms with Crippen molar-refractivity contribution in [3.8, 4) is 22.9 Å². The first-order valence-corrected chi connectivity index (χ1v) is 9.78. The van der Waals surface area contributed by atoms with Gasteiger partial charge in [0.05, 0.1) is 7.11 Å². The Hall–Kier alpha value is -3.94. The summed E-state index contributed by atoms with van der Waals surface area (Å²) in [6.07, 6.45) is 1.96. The molecule has 160 valence electrons. The average molecular weight is 420 g/mol. The zero-order chi connectivity index (χ0) is 22.1. The van der Waals surface area contributed by atoms with Crippen LogP contribution < -0.4 is 20.3 Å². The molecule has 0 atom stereocenters. The normalized spacial score (nSPS) is 10.4. The fourth-order valence-electron chi connectivity index (χ4n) is 2.80. The van der Waals surface area contributed by atoms with Gasteiger partial charge in [-0.05, 0) is 42.0 Å². The number of carbonyl (C=O) groups is 1. The van der Waals surface area contributed by atoms with E-state index in [9.17, 15) is 9.59 Å². The molecule has 3 aromatic rings. The Morgan fingerprint density at radius 1 is 1.16 bits per heavy atom. The Kier molecular flexibility index (Phi) is 7.53. The fourth-order valence-corrected chi connectivity index (χ4v) is 2.80. The van der Waals surface area contributed by atoms with Gasteiger partial charge in [0.1, 0.15) is 23.8 Å². The number of ether oxygens (including phenoxy) is 2. The van der Waals surface area contributed by atoms with Crippen molar-refractivity contribution in [3.63, 3.8) is 0 Å². The molecule has 0 unspecified atom stereocenters. The number of nitrogens with zero attached hydrogens (tertiary/aromatic N) is 2. The molecular weight excluding hydrogens is 396 g/mol. The molecule has 0 aliphatic rings. The van der Waals surface area contributed by atoms with Gasteiger partial charge in [-0.2, -0.15) is 0 Å². The number of rotatable bonds is 10. The third kappa shape index (κ3) is 6.27. The summed E-state index contributed by atoms with van der Waals surface area (Å²) in [6.45, 7) is 4.33. The number of hydrogen-bond donors (Lipinski definition) is 2. The molecule has 1 aromatic heterocycles. The molecular formula is C23H24N4O4. The summed E-state index contributed by atoms with van der Waals surface area (Å²) in [5.74, 6) is 1.64. The largest absolute Gasteiger partial charge is 0.497 e. The SMILES string of the molecule is C=CCNC(=O)CCc1nnc(-c2ccc(OCc3cccc(OC)c3)cc2)[nH]c1=O. The molecule has 0 aliphatic heterocycles. The maximum atomic E-state index is 12.3. The standard InChI is InChI=1S/C23H24N4O4/c1-3-13-24-21(28)12-11-20-23(29)25-22(27-26-20)17-7-9-18(10-8-17)31-15-16-5-4-6-19(14-16)30-2/h3-10,14H,1,11-13,15H2,2H3,(H,24,28)(H,25,27,29). The first kappa shape index (κ1) is 21.8. The van der Waals surface area contributed by atoms with Gasteiger partial charge in [-0.25, -0.2) is 0 Å². The predicted molar refractivity (Wildman–Crippen MR) is 117 cm³/mol. The number of aromatic nitrogens is 3. The topological polar surface area (TPSA) is 106 Å². The molecule has 3 rings (SSSR count). The minimum atomic E-state index is -0.361. The Morgan fingerprint density at radius 3 is 2.68 bits per heavy atom. The molecule has 0 spiro atoms. The lowest BCUT2D eigenvalue weighted by Crippen LogP contribution is -2.25. The third-order valence-electron chi connectivity index (χ3n) is 4.46. The molecule has 0 bridgehead atoms. The second-order valence-corrected chi connectivity index (χ2v) is 6.71. The van der Waals surface area contributed by atoms with E-state index < -0.39 is 0 Å². The van der Waals surface area contributed by atoms with Gasteiger partial charge in [0.15, 0.2) is 5.82 Å². The van der Waals surface area contributed by atoms with Crippen LogP contribution in [0.15, 0.2) is 66.0 Å². The van der Waals surface area contributed by atoms with Crippen molar-refractivity contribution in [2.75, 3.05) is 13.7 Å². The quantitative estimate of drug-likeness (QED) is 0.489. The number of aryl methyl sites for hydroxylation is 1. The molecule has 0 aliphatic carbocycles. The zero-order valence-electron chi connectivity index (χ0n) is 17.3. The van der Waals surface area contributed by atoms with E-state index in [-0.39, 0.29) is 30.0 Å². The number of nitrogens with one attached hydrogen (secondary N) is 2. The van der Waals surface area contributed by atoms with Gasteiger partial charge < -0.3 is 19.8 Å². The minimum Gasteiger partial charge on any atom is -0.497 e. The van der Waals surface area contributed by atoms with Gasteiger partial charge in [0.2, 0.25) is 5.91 Å². The van der Waals surface area contributed by atoms with Crippen molar-refractivity contribution in [1.82, 2.24) is 20.5 Å². The lowest BCUT2D eigenvalue weighted by atomic mass is 10.2. The molecule has 0 saturated heterocycles. The molecule has 8 heteroatoms. The van der Waals surface area contributed by atoms with Crippen LogP contribution in [0, 0.1) is 0 Å². The zero-order valence-corrected chi connectivity index (χ0v) is 17.3.